The van der Waals surface area contributed by atoms with E-state index < -0.39 is 0 Å². The van der Waals surface area contributed by atoms with Gasteiger partial charge < -0.3 is 10.1 Å². The Bertz CT molecular complexity index is 463. The zero-order valence-corrected chi connectivity index (χ0v) is 11.6. The Morgan fingerprint density at radius 1 is 1.47 bits per heavy atom. The molecule has 2 rings (SSSR count). The summed E-state index contributed by atoms with van der Waals surface area (Å²) in [4.78, 5) is 2.49. The highest BCUT2D eigenvalue weighted by molar-refractivity contribution is 5.60. The monoisotopic (exact) mass is 259 g/mol. The molecule has 1 aromatic carbocycles. The first-order valence-electron chi connectivity index (χ1n) is 6.84. The number of anilines is 1. The third-order valence-electron chi connectivity index (χ3n) is 3.53. The van der Waals surface area contributed by atoms with Gasteiger partial charge in [-0.05, 0) is 31.5 Å². The number of benzene rings is 1. The van der Waals surface area contributed by atoms with Gasteiger partial charge in [-0.15, -0.1) is 0 Å². The minimum absolute atomic E-state index is 0.662. The minimum Gasteiger partial charge on any atom is -0.497 e. The van der Waals surface area contributed by atoms with Gasteiger partial charge in [0.2, 0.25) is 0 Å². The van der Waals surface area contributed by atoms with Crippen LogP contribution in [0.25, 0.3) is 0 Å². The number of hydrogen-bond donors (Lipinski definition) is 1. The molecule has 1 aromatic rings. The summed E-state index contributed by atoms with van der Waals surface area (Å²) in [6.45, 7) is 5.16. The second-order valence-electron chi connectivity index (χ2n) is 4.81. The highest BCUT2D eigenvalue weighted by Crippen LogP contribution is 2.26. The van der Waals surface area contributed by atoms with Gasteiger partial charge >= 0.3 is 0 Å². The average Bonchev–Trinajstić information content (AvgIpc) is 3.28. The molecule has 1 saturated carbocycles. The highest BCUT2D eigenvalue weighted by atomic mass is 16.5. The molecule has 19 heavy (non-hydrogen) atoms. The summed E-state index contributed by atoms with van der Waals surface area (Å²) in [7, 11) is 1.64. The maximum absolute atomic E-state index is 9.09. The molecule has 0 aliphatic heterocycles. The molecule has 0 spiro atoms. The molecule has 0 saturated heterocycles. The summed E-state index contributed by atoms with van der Waals surface area (Å²) >= 11 is 0. The van der Waals surface area contributed by atoms with Crippen molar-refractivity contribution < 1.29 is 4.74 Å². The van der Waals surface area contributed by atoms with E-state index in [0.29, 0.717) is 5.56 Å². The molecule has 4 nitrogen and oxygen atoms in total. The van der Waals surface area contributed by atoms with Gasteiger partial charge in [0.1, 0.15) is 11.8 Å². The lowest BCUT2D eigenvalue weighted by Crippen LogP contribution is -2.31. The molecule has 0 aromatic heterocycles. The number of methoxy groups -OCH3 is 1. The van der Waals surface area contributed by atoms with Crippen molar-refractivity contribution in [1.82, 2.24) is 4.90 Å². The van der Waals surface area contributed by atoms with Crippen LogP contribution >= 0.6 is 0 Å². The van der Waals surface area contributed by atoms with Crippen LogP contribution in [0.4, 0.5) is 5.69 Å². The predicted molar refractivity (Wildman–Crippen MR) is 76.5 cm³/mol. The van der Waals surface area contributed by atoms with Gasteiger partial charge in [-0.3, -0.25) is 4.90 Å². The van der Waals surface area contributed by atoms with Crippen LogP contribution in [-0.2, 0) is 0 Å². The number of nitriles is 1. The van der Waals surface area contributed by atoms with Gasteiger partial charge in [0.15, 0.2) is 0 Å². The van der Waals surface area contributed by atoms with Crippen molar-refractivity contribution in [2.75, 3.05) is 32.1 Å². The maximum atomic E-state index is 9.09. The lowest BCUT2D eigenvalue weighted by Gasteiger charge is -2.20. The largest absolute Gasteiger partial charge is 0.497 e. The van der Waals surface area contributed by atoms with Crippen LogP contribution in [0.3, 0.4) is 0 Å². The highest BCUT2D eigenvalue weighted by Gasteiger charge is 2.27. The van der Waals surface area contributed by atoms with E-state index in [-0.39, 0.29) is 0 Å². The molecule has 102 valence electrons. The molecule has 1 N–H and O–H groups in total. The summed E-state index contributed by atoms with van der Waals surface area (Å²) in [6.07, 6.45) is 2.66. The fraction of sp³-hybridized carbons (Fsp3) is 0.533. The van der Waals surface area contributed by atoms with Crippen LogP contribution < -0.4 is 10.1 Å². The van der Waals surface area contributed by atoms with Crippen molar-refractivity contribution in [1.29, 1.82) is 5.26 Å². The molecule has 0 unspecified atom stereocenters. The number of likely N-dealkylation sites (N-methyl/N-ethyl adjacent to an activating group) is 1. The third kappa shape index (κ3) is 3.62. The van der Waals surface area contributed by atoms with Crippen LogP contribution in [0.2, 0.25) is 0 Å². The number of ether oxygens (including phenoxy) is 1. The van der Waals surface area contributed by atoms with Gasteiger partial charge in [-0.1, -0.05) is 6.92 Å². The van der Waals surface area contributed by atoms with Crippen molar-refractivity contribution in [3.63, 3.8) is 0 Å². The molecule has 0 atom stereocenters. The van der Waals surface area contributed by atoms with E-state index in [1.54, 1.807) is 13.2 Å². The molecule has 1 aliphatic carbocycles. The zero-order chi connectivity index (χ0) is 13.7. The minimum atomic E-state index is 0.662. The van der Waals surface area contributed by atoms with Gasteiger partial charge in [0.25, 0.3) is 0 Å². The van der Waals surface area contributed by atoms with Gasteiger partial charge in [0.05, 0.1) is 18.4 Å². The maximum Gasteiger partial charge on any atom is 0.121 e. The normalized spacial score (nSPS) is 14.2. The Balaban J connectivity index is 1.92. The summed E-state index contributed by atoms with van der Waals surface area (Å²) in [5, 5.41) is 12.4. The fourth-order valence-electron chi connectivity index (χ4n) is 2.27. The number of nitrogens with zero attached hydrogens (tertiary/aromatic N) is 2. The quantitative estimate of drug-likeness (QED) is 0.817. The van der Waals surface area contributed by atoms with Crippen LogP contribution in [0.15, 0.2) is 18.2 Å². The predicted octanol–water partition coefficient (Wildman–Crippen LogP) is 2.46. The van der Waals surface area contributed by atoms with E-state index >= 15 is 0 Å². The fourth-order valence-corrected chi connectivity index (χ4v) is 2.27. The Kier molecular flexibility index (Phi) is 4.64. The second-order valence-corrected chi connectivity index (χ2v) is 4.81. The second kappa shape index (κ2) is 6.44. The lowest BCUT2D eigenvalue weighted by molar-refractivity contribution is 0.289. The Morgan fingerprint density at radius 2 is 2.26 bits per heavy atom. The van der Waals surface area contributed by atoms with Crippen LogP contribution in [0, 0.1) is 11.3 Å². The van der Waals surface area contributed by atoms with E-state index in [4.69, 9.17) is 10.00 Å². The topological polar surface area (TPSA) is 48.3 Å². The molecule has 0 amide bonds. The lowest BCUT2D eigenvalue weighted by atomic mass is 10.2. The summed E-state index contributed by atoms with van der Waals surface area (Å²) < 4.78 is 5.19. The van der Waals surface area contributed by atoms with E-state index in [1.165, 1.54) is 12.8 Å². The number of hydrogen-bond acceptors (Lipinski definition) is 4. The van der Waals surface area contributed by atoms with Crippen molar-refractivity contribution in [2.45, 2.75) is 25.8 Å². The van der Waals surface area contributed by atoms with Crippen molar-refractivity contribution in [2.24, 2.45) is 0 Å². The van der Waals surface area contributed by atoms with Crippen molar-refractivity contribution >= 4 is 5.69 Å². The molecule has 1 aliphatic rings. The SMILES string of the molecule is CCN(CCNc1cc(OC)ccc1C#N)C1CC1. The zero-order valence-electron chi connectivity index (χ0n) is 11.6. The average molecular weight is 259 g/mol. The van der Waals surface area contributed by atoms with E-state index in [2.05, 4.69) is 23.2 Å². The van der Waals surface area contributed by atoms with Gasteiger partial charge in [0, 0.05) is 25.2 Å². The molecular weight excluding hydrogens is 238 g/mol. The van der Waals surface area contributed by atoms with Crippen molar-refractivity contribution in [3.8, 4) is 11.8 Å². The van der Waals surface area contributed by atoms with E-state index in [9.17, 15) is 0 Å². The number of rotatable bonds is 7. The summed E-state index contributed by atoms with van der Waals surface area (Å²) in [5.41, 5.74) is 1.52. The van der Waals surface area contributed by atoms with E-state index in [1.807, 2.05) is 12.1 Å². The summed E-state index contributed by atoms with van der Waals surface area (Å²) in [5.74, 6) is 0.774. The molecule has 0 radical (unpaired) electrons. The van der Waals surface area contributed by atoms with Gasteiger partial charge in [-0.2, -0.15) is 5.26 Å². The third-order valence-corrected chi connectivity index (χ3v) is 3.53. The molecule has 1 fully saturated rings. The molecule has 0 bridgehead atoms. The summed E-state index contributed by atoms with van der Waals surface area (Å²) in [6, 6.07) is 8.47. The first-order valence-corrected chi connectivity index (χ1v) is 6.84. The Hall–Kier alpha value is -1.73. The number of nitrogens with one attached hydrogen (secondary N) is 1. The first-order chi connectivity index (χ1) is 9.28. The van der Waals surface area contributed by atoms with Crippen molar-refractivity contribution in [3.05, 3.63) is 23.8 Å². The first kappa shape index (κ1) is 13.7. The Morgan fingerprint density at radius 3 is 2.84 bits per heavy atom. The molecular formula is C15H21N3O. The Labute approximate surface area is 115 Å². The van der Waals surface area contributed by atoms with Crippen LogP contribution in [0.5, 0.6) is 5.75 Å². The molecule has 4 heteroatoms. The van der Waals surface area contributed by atoms with E-state index in [0.717, 1.165) is 37.1 Å². The van der Waals surface area contributed by atoms with Crippen LogP contribution in [-0.4, -0.2) is 37.7 Å². The van der Waals surface area contributed by atoms with Crippen LogP contribution in [0.1, 0.15) is 25.3 Å². The smallest absolute Gasteiger partial charge is 0.121 e. The van der Waals surface area contributed by atoms with Gasteiger partial charge in [-0.25, -0.2) is 0 Å². The molecule has 0 heterocycles. The standard InChI is InChI=1S/C15H21N3O/c1-3-18(13-5-6-13)9-8-17-15-10-14(19-2)7-4-12(15)11-16/h4,7,10,13,17H,3,5-6,8-9H2,1-2H3.